The molecule has 0 aromatic carbocycles. The molecule has 2 heterocycles. The molecule has 2 aliphatic heterocycles. The van der Waals surface area contributed by atoms with E-state index in [1.54, 1.807) is 6.92 Å². The molecule has 1 unspecified atom stereocenters. The molecule has 1 atom stereocenters. The molecular weight excluding hydrogens is 236 g/mol. The number of likely N-dealkylation sites (tertiary alicyclic amines) is 1. The van der Waals surface area contributed by atoms with Crippen LogP contribution < -0.4 is 5.32 Å². The van der Waals surface area contributed by atoms with Crippen molar-refractivity contribution in [1.29, 1.82) is 0 Å². The van der Waals surface area contributed by atoms with Gasteiger partial charge in [0.05, 0.1) is 0 Å². The first kappa shape index (κ1) is 12.9. The Hall–Kier alpha value is -0.550. The minimum absolute atomic E-state index is 0.117. The van der Waals surface area contributed by atoms with Gasteiger partial charge in [0.15, 0.2) is 5.12 Å². The van der Waals surface area contributed by atoms with E-state index in [0.29, 0.717) is 12.3 Å². The lowest BCUT2D eigenvalue weighted by Gasteiger charge is -2.27. The monoisotopic (exact) mass is 256 g/mol. The number of thioether (sulfide) groups is 1. The van der Waals surface area contributed by atoms with Crippen LogP contribution in [0.2, 0.25) is 0 Å². The van der Waals surface area contributed by atoms with Crippen LogP contribution in [-0.4, -0.2) is 47.4 Å². The highest BCUT2D eigenvalue weighted by molar-refractivity contribution is 8.14. The lowest BCUT2D eigenvalue weighted by atomic mass is 9.98. The van der Waals surface area contributed by atoms with Crippen molar-refractivity contribution in [3.63, 3.8) is 0 Å². The third kappa shape index (κ3) is 3.71. The van der Waals surface area contributed by atoms with Gasteiger partial charge in [-0.05, 0) is 31.8 Å². The predicted octanol–water partition coefficient (Wildman–Crippen LogP) is 0.867. The van der Waals surface area contributed by atoms with Gasteiger partial charge < -0.3 is 10.2 Å². The highest BCUT2D eigenvalue weighted by atomic mass is 32.2. The fraction of sp³-hybridized carbons (Fsp3) is 0.833. The largest absolute Gasteiger partial charge is 0.341 e. The first-order valence-electron chi connectivity index (χ1n) is 6.31. The summed E-state index contributed by atoms with van der Waals surface area (Å²) in [6, 6.07) is 0. The Morgan fingerprint density at radius 3 is 2.82 bits per heavy atom. The minimum Gasteiger partial charge on any atom is -0.341 e. The fourth-order valence-electron chi connectivity index (χ4n) is 2.60. The molecule has 0 radical (unpaired) electrons. The van der Waals surface area contributed by atoms with Crippen LogP contribution in [0.4, 0.5) is 0 Å². The third-order valence-corrected chi connectivity index (χ3v) is 4.43. The maximum absolute atomic E-state index is 11.8. The molecule has 0 aromatic rings. The van der Waals surface area contributed by atoms with E-state index in [-0.39, 0.29) is 16.3 Å². The summed E-state index contributed by atoms with van der Waals surface area (Å²) < 4.78 is 0. The molecule has 2 aliphatic rings. The van der Waals surface area contributed by atoms with E-state index in [9.17, 15) is 9.59 Å². The summed E-state index contributed by atoms with van der Waals surface area (Å²) in [6.07, 6.45) is 2.86. The summed E-state index contributed by atoms with van der Waals surface area (Å²) in [6.45, 7) is 5.35. The smallest absolute Gasteiger partial charge is 0.223 e. The molecular formula is C12H20N2O2S. The number of carbonyl (C=O) groups is 2. The lowest BCUT2D eigenvalue weighted by molar-refractivity contribution is -0.128. The zero-order valence-corrected chi connectivity index (χ0v) is 11.1. The number of nitrogens with one attached hydrogen (secondary N) is 1. The van der Waals surface area contributed by atoms with Crippen LogP contribution in [0.15, 0.2) is 0 Å². The van der Waals surface area contributed by atoms with Crippen molar-refractivity contribution in [2.45, 2.75) is 31.4 Å². The lowest BCUT2D eigenvalue weighted by Crippen LogP contribution is -2.37. The van der Waals surface area contributed by atoms with Crippen molar-refractivity contribution >= 4 is 22.8 Å². The van der Waals surface area contributed by atoms with Crippen molar-refractivity contribution in [3.05, 3.63) is 0 Å². The number of hydrogen-bond donors (Lipinski definition) is 1. The Balaban J connectivity index is 1.80. The molecule has 17 heavy (non-hydrogen) atoms. The maximum Gasteiger partial charge on any atom is 0.223 e. The number of rotatable bonds is 3. The second-order valence-corrected chi connectivity index (χ2v) is 6.40. The molecule has 2 fully saturated rings. The Kier molecular flexibility index (Phi) is 4.45. The topological polar surface area (TPSA) is 49.4 Å². The van der Waals surface area contributed by atoms with Crippen LogP contribution in [0.3, 0.4) is 0 Å². The Morgan fingerprint density at radius 1 is 1.47 bits per heavy atom. The summed E-state index contributed by atoms with van der Waals surface area (Å²) in [5, 5.41) is 3.63. The molecule has 0 aromatic heterocycles. The Labute approximate surface area is 106 Å². The van der Waals surface area contributed by atoms with Crippen molar-refractivity contribution in [2.75, 3.05) is 26.2 Å². The highest BCUT2D eigenvalue weighted by Crippen LogP contribution is 2.26. The first-order valence-corrected chi connectivity index (χ1v) is 7.19. The molecule has 1 N–H and O–H groups in total. The number of nitrogens with zero attached hydrogens (tertiary/aromatic N) is 1. The van der Waals surface area contributed by atoms with Crippen molar-refractivity contribution < 1.29 is 9.59 Å². The highest BCUT2D eigenvalue weighted by Gasteiger charge is 2.32. The average Bonchev–Trinajstić information content (AvgIpc) is 2.59. The van der Waals surface area contributed by atoms with Gasteiger partial charge in [-0.2, -0.15) is 0 Å². The standard InChI is InChI=1S/C12H20N2O2S/c1-9(15)17-11-6-12(16)14(8-11)7-10-2-4-13-5-3-10/h10-11,13H,2-8H2,1H3. The summed E-state index contributed by atoms with van der Waals surface area (Å²) in [5.74, 6) is 0.864. The molecule has 2 saturated heterocycles. The van der Waals surface area contributed by atoms with E-state index in [0.717, 1.165) is 39.0 Å². The maximum atomic E-state index is 11.8. The predicted molar refractivity (Wildman–Crippen MR) is 68.9 cm³/mol. The van der Waals surface area contributed by atoms with Crippen molar-refractivity contribution in [3.8, 4) is 0 Å². The van der Waals surface area contributed by atoms with E-state index < -0.39 is 0 Å². The molecule has 1 amide bonds. The molecule has 0 spiro atoms. The van der Waals surface area contributed by atoms with E-state index in [2.05, 4.69) is 5.32 Å². The van der Waals surface area contributed by atoms with Crippen molar-refractivity contribution in [1.82, 2.24) is 10.2 Å². The summed E-state index contributed by atoms with van der Waals surface area (Å²) in [7, 11) is 0. The summed E-state index contributed by atoms with van der Waals surface area (Å²) in [4.78, 5) is 24.8. The van der Waals surface area contributed by atoms with Gasteiger partial charge in [0.2, 0.25) is 5.91 Å². The summed E-state index contributed by atoms with van der Waals surface area (Å²) in [5.41, 5.74) is 0. The average molecular weight is 256 g/mol. The van der Waals surface area contributed by atoms with E-state index >= 15 is 0 Å². The second kappa shape index (κ2) is 5.87. The molecule has 0 bridgehead atoms. The zero-order chi connectivity index (χ0) is 12.3. The first-order chi connectivity index (χ1) is 8.15. The SMILES string of the molecule is CC(=O)SC1CC(=O)N(CC2CCNCC2)C1. The molecule has 96 valence electrons. The third-order valence-electron chi connectivity index (χ3n) is 3.45. The van der Waals surface area contributed by atoms with Gasteiger partial charge >= 0.3 is 0 Å². The molecule has 4 nitrogen and oxygen atoms in total. The van der Waals surface area contributed by atoms with Crippen LogP contribution in [0, 0.1) is 5.92 Å². The van der Waals surface area contributed by atoms with Gasteiger partial charge in [0, 0.05) is 31.7 Å². The van der Waals surface area contributed by atoms with Gasteiger partial charge in [-0.3, -0.25) is 9.59 Å². The van der Waals surface area contributed by atoms with E-state index in [4.69, 9.17) is 0 Å². The molecule has 5 heteroatoms. The molecule has 2 rings (SSSR count). The zero-order valence-electron chi connectivity index (χ0n) is 10.3. The van der Waals surface area contributed by atoms with Crippen LogP contribution in [0.1, 0.15) is 26.2 Å². The van der Waals surface area contributed by atoms with Gasteiger partial charge in [-0.15, -0.1) is 0 Å². The van der Waals surface area contributed by atoms with Crippen LogP contribution >= 0.6 is 11.8 Å². The van der Waals surface area contributed by atoms with Gasteiger partial charge in [-0.25, -0.2) is 0 Å². The number of amides is 1. The number of carbonyl (C=O) groups excluding carboxylic acids is 2. The number of piperidine rings is 1. The van der Waals surface area contributed by atoms with Gasteiger partial charge in [0.1, 0.15) is 0 Å². The Morgan fingerprint density at radius 2 is 2.18 bits per heavy atom. The van der Waals surface area contributed by atoms with Gasteiger partial charge in [0.25, 0.3) is 0 Å². The van der Waals surface area contributed by atoms with E-state index in [1.807, 2.05) is 4.90 Å². The quantitative estimate of drug-likeness (QED) is 0.814. The Bertz CT molecular complexity index is 303. The van der Waals surface area contributed by atoms with Crippen molar-refractivity contribution in [2.24, 2.45) is 5.92 Å². The second-order valence-electron chi connectivity index (χ2n) is 4.93. The fourth-order valence-corrected chi connectivity index (χ4v) is 3.55. The van der Waals surface area contributed by atoms with E-state index in [1.165, 1.54) is 11.8 Å². The molecule has 0 saturated carbocycles. The number of hydrogen-bond acceptors (Lipinski definition) is 4. The van der Waals surface area contributed by atoms with Crippen LogP contribution in [0.25, 0.3) is 0 Å². The minimum atomic E-state index is 0.117. The van der Waals surface area contributed by atoms with Crippen LogP contribution in [0.5, 0.6) is 0 Å². The van der Waals surface area contributed by atoms with Gasteiger partial charge in [-0.1, -0.05) is 11.8 Å². The molecule has 0 aliphatic carbocycles. The summed E-state index contributed by atoms with van der Waals surface area (Å²) >= 11 is 1.32. The normalized spacial score (nSPS) is 26.5. The van der Waals surface area contributed by atoms with Crippen LogP contribution in [-0.2, 0) is 9.59 Å².